The van der Waals surface area contributed by atoms with Gasteiger partial charge in [-0.15, -0.1) is 5.06 Å². The second kappa shape index (κ2) is 15.9. The smallest absolute Gasteiger partial charge is 0.358 e. The number of hydrogen-bond donors (Lipinski definition) is 3. The van der Waals surface area contributed by atoms with Gasteiger partial charge in [-0.05, 0) is 50.5 Å². The number of nitrogens with one attached hydrogen (secondary N) is 1. The predicted octanol–water partition coefficient (Wildman–Crippen LogP) is 2.08. The van der Waals surface area contributed by atoms with Gasteiger partial charge in [-0.1, -0.05) is 20.3 Å². The van der Waals surface area contributed by atoms with Gasteiger partial charge in [-0.3, -0.25) is 14.4 Å². The number of benzene rings is 1. The lowest BCUT2D eigenvalue weighted by molar-refractivity contribution is -0.218. The highest BCUT2D eigenvalue weighted by Gasteiger charge is 2.44. The van der Waals surface area contributed by atoms with Crippen LogP contribution in [0.4, 0.5) is 0 Å². The average Bonchev–Trinajstić information content (AvgIpc) is 3.41. The van der Waals surface area contributed by atoms with E-state index in [0.717, 1.165) is 17.0 Å². The van der Waals surface area contributed by atoms with Gasteiger partial charge in [-0.2, -0.15) is 4.31 Å². The first-order valence-corrected chi connectivity index (χ1v) is 17.7. The van der Waals surface area contributed by atoms with Crippen molar-refractivity contribution in [1.29, 1.82) is 0 Å². The molecular formula is C32H43N5O11S. The second-order valence-corrected chi connectivity index (χ2v) is 13.5. The second-order valence-electron chi connectivity index (χ2n) is 11.6. The molecular weight excluding hydrogens is 662 g/mol. The van der Waals surface area contributed by atoms with Crippen molar-refractivity contribution in [3.63, 3.8) is 0 Å². The lowest BCUT2D eigenvalue weighted by atomic mass is 9.96. The number of aromatic nitrogens is 3. The fourth-order valence-corrected chi connectivity index (χ4v) is 7.00. The molecule has 0 radical (unpaired) electrons. The van der Waals surface area contributed by atoms with Gasteiger partial charge < -0.3 is 34.1 Å². The Kier molecular flexibility index (Phi) is 12.2. The minimum Gasteiger partial charge on any atom is -0.493 e. The van der Waals surface area contributed by atoms with Gasteiger partial charge in [0, 0.05) is 38.9 Å². The number of aliphatic carboxylic acids is 1. The molecule has 49 heavy (non-hydrogen) atoms. The van der Waals surface area contributed by atoms with E-state index in [9.17, 15) is 37.8 Å². The molecule has 1 unspecified atom stereocenters. The van der Waals surface area contributed by atoms with Gasteiger partial charge in [0.25, 0.3) is 5.56 Å². The summed E-state index contributed by atoms with van der Waals surface area (Å²) in [5.74, 6) is -3.38. The number of hydroxylamine groups is 2. The molecule has 1 saturated heterocycles. The van der Waals surface area contributed by atoms with Gasteiger partial charge in [0.05, 0.1) is 42.0 Å². The van der Waals surface area contributed by atoms with E-state index in [4.69, 9.17) is 19.3 Å². The normalized spacial score (nSPS) is 15.5. The van der Waals surface area contributed by atoms with Crippen LogP contribution in [0.5, 0.6) is 5.75 Å². The zero-order valence-electron chi connectivity index (χ0n) is 28.1. The van der Waals surface area contributed by atoms with E-state index in [-0.39, 0.29) is 49.1 Å². The molecule has 1 atom stereocenters. The van der Waals surface area contributed by atoms with Crippen molar-refractivity contribution < 1.29 is 47.3 Å². The van der Waals surface area contributed by atoms with Gasteiger partial charge >= 0.3 is 17.9 Å². The third-order valence-corrected chi connectivity index (χ3v) is 9.83. The maximum absolute atomic E-state index is 13.9. The maximum Gasteiger partial charge on any atom is 0.358 e. The van der Waals surface area contributed by atoms with Crippen LogP contribution in [0.3, 0.4) is 0 Å². The molecule has 1 aliphatic heterocycles. The number of sulfonamides is 1. The Morgan fingerprint density at radius 2 is 1.76 bits per heavy atom. The summed E-state index contributed by atoms with van der Waals surface area (Å²) in [6.07, 6.45) is 2.12. The number of hydrogen-bond acceptors (Lipinski definition) is 12. The Hall–Kier alpha value is -4.32. The summed E-state index contributed by atoms with van der Waals surface area (Å²) < 4.78 is 41.4. The minimum atomic E-state index is -4.12. The van der Waals surface area contributed by atoms with Gasteiger partial charge in [0.1, 0.15) is 17.1 Å². The molecule has 3 aromatic rings. The third-order valence-electron chi connectivity index (χ3n) is 7.94. The number of aromatic amines is 1. The molecule has 1 aliphatic rings. The number of piperazine rings is 1. The lowest BCUT2D eigenvalue weighted by Gasteiger charge is -2.34. The average molecular weight is 706 g/mol. The van der Waals surface area contributed by atoms with E-state index >= 15 is 0 Å². The standard InChI is InChI=1S/C32H43N5O11S/c1-5-9-21-20-35(7-3)28-27(21)33-29(34-30(28)41)23-17-22(10-11-24(23)47-16-6-2)49(44,45)37-14-12-36(13-15-37)48-31(42)32(43,18-25(38)39)19-26(40)46-8-4/h10-11,17,20,43H,5-9,12-16,18-19H2,1-4H3,(H,38,39)(H,33,34,41). The summed E-state index contributed by atoms with van der Waals surface area (Å²) in [6.45, 7) is 7.82. The topological polar surface area (TPSA) is 211 Å². The molecule has 17 heteroatoms. The van der Waals surface area contributed by atoms with Crippen LogP contribution in [0.15, 0.2) is 34.1 Å². The highest BCUT2D eigenvalue weighted by molar-refractivity contribution is 7.89. The molecule has 1 fully saturated rings. The number of carboxylic acids is 1. The number of nitrogens with zero attached hydrogens (tertiary/aromatic N) is 4. The maximum atomic E-state index is 13.9. The summed E-state index contributed by atoms with van der Waals surface area (Å²) in [5, 5.41) is 21.0. The van der Waals surface area contributed by atoms with Crippen molar-refractivity contribution in [3.8, 4) is 17.1 Å². The fraction of sp³-hybridized carbons (Fsp3) is 0.531. The molecule has 1 aromatic carbocycles. The number of carbonyl (C=O) groups is 3. The van der Waals surface area contributed by atoms with Gasteiger partial charge in [0.15, 0.2) is 5.60 Å². The number of aryl methyl sites for hydroxylation is 2. The monoisotopic (exact) mass is 705 g/mol. The predicted molar refractivity (Wildman–Crippen MR) is 176 cm³/mol. The number of rotatable bonds is 16. The first kappa shape index (κ1) is 37.5. The molecule has 0 aliphatic carbocycles. The molecule has 4 rings (SSSR count). The van der Waals surface area contributed by atoms with Crippen LogP contribution >= 0.6 is 0 Å². The highest BCUT2D eigenvalue weighted by Crippen LogP contribution is 2.33. The SMILES string of the molecule is CCCOc1ccc(S(=O)(=O)N2CCN(OC(=O)C(O)(CC(=O)O)CC(=O)OCC)CC2)cc1-c1nc2c(CCC)cn(CC)c2c(=O)[nH]1. The summed E-state index contributed by atoms with van der Waals surface area (Å²) in [7, 11) is -4.12. The number of H-pyrrole nitrogens is 1. The molecule has 0 saturated carbocycles. The Balaban J connectivity index is 1.59. The highest BCUT2D eigenvalue weighted by atomic mass is 32.2. The Labute approximate surface area is 283 Å². The summed E-state index contributed by atoms with van der Waals surface area (Å²) in [5.41, 5.74) is -0.856. The van der Waals surface area contributed by atoms with Crippen molar-refractivity contribution in [1.82, 2.24) is 23.9 Å². The molecule has 3 heterocycles. The molecule has 3 N–H and O–H groups in total. The first-order chi connectivity index (χ1) is 23.3. The number of esters is 1. The van der Waals surface area contributed by atoms with E-state index in [0.29, 0.717) is 48.3 Å². The number of carboxylic acid groups (broad SMARTS) is 1. The van der Waals surface area contributed by atoms with E-state index < -0.39 is 46.4 Å². The first-order valence-electron chi connectivity index (χ1n) is 16.2. The largest absolute Gasteiger partial charge is 0.493 e. The van der Waals surface area contributed by atoms with Crippen LogP contribution in [0.25, 0.3) is 22.4 Å². The Bertz CT molecular complexity index is 1850. The third kappa shape index (κ3) is 8.46. The van der Waals surface area contributed by atoms with Crippen LogP contribution in [-0.4, -0.2) is 105 Å². The zero-order valence-corrected chi connectivity index (χ0v) is 28.9. The molecule has 268 valence electrons. The van der Waals surface area contributed by atoms with Crippen LogP contribution in [0.2, 0.25) is 0 Å². The fourth-order valence-electron chi connectivity index (χ4n) is 5.55. The van der Waals surface area contributed by atoms with E-state index in [1.54, 1.807) is 0 Å². The van der Waals surface area contributed by atoms with Gasteiger partial charge in [-0.25, -0.2) is 18.2 Å². The van der Waals surface area contributed by atoms with Crippen LogP contribution in [-0.2, 0) is 46.9 Å². The molecule has 0 amide bonds. The van der Waals surface area contributed by atoms with Crippen molar-refractivity contribution in [2.45, 2.75) is 76.8 Å². The van der Waals surface area contributed by atoms with Crippen LogP contribution in [0, 0.1) is 0 Å². The number of carbonyl (C=O) groups excluding carboxylic acids is 2. The van der Waals surface area contributed by atoms with E-state index in [1.165, 1.54) is 29.4 Å². The summed E-state index contributed by atoms with van der Waals surface area (Å²) in [4.78, 5) is 62.1. The van der Waals surface area contributed by atoms with E-state index in [1.807, 2.05) is 31.5 Å². The molecule has 2 aromatic heterocycles. The molecule has 16 nitrogen and oxygen atoms in total. The quantitative estimate of drug-likeness (QED) is 0.183. The molecule has 0 spiro atoms. The van der Waals surface area contributed by atoms with Crippen LogP contribution < -0.4 is 10.3 Å². The van der Waals surface area contributed by atoms with Crippen LogP contribution in [0.1, 0.15) is 58.9 Å². The number of ether oxygens (including phenoxy) is 2. The number of fused-ring (bicyclic) bond motifs is 1. The molecule has 0 bridgehead atoms. The van der Waals surface area contributed by atoms with Crippen molar-refractivity contribution in [2.24, 2.45) is 0 Å². The Morgan fingerprint density at radius 3 is 2.37 bits per heavy atom. The number of aliphatic hydroxyl groups is 1. The van der Waals surface area contributed by atoms with Crippen molar-refractivity contribution in [2.75, 3.05) is 39.4 Å². The Morgan fingerprint density at radius 1 is 1.04 bits per heavy atom. The summed E-state index contributed by atoms with van der Waals surface area (Å²) >= 11 is 0. The van der Waals surface area contributed by atoms with Crippen molar-refractivity contribution >= 4 is 39.0 Å². The van der Waals surface area contributed by atoms with Gasteiger partial charge in [0.2, 0.25) is 10.0 Å². The minimum absolute atomic E-state index is 0.0415. The lowest BCUT2D eigenvalue weighted by Crippen LogP contribution is -2.52. The van der Waals surface area contributed by atoms with E-state index in [2.05, 4.69) is 4.98 Å². The van der Waals surface area contributed by atoms with Crippen molar-refractivity contribution in [3.05, 3.63) is 40.3 Å². The zero-order chi connectivity index (χ0) is 35.9. The summed E-state index contributed by atoms with van der Waals surface area (Å²) in [6, 6.07) is 4.34.